The number of rotatable bonds is 7. The van der Waals surface area contributed by atoms with E-state index >= 15 is 0 Å². The number of carbonyl (C=O) groups is 2. The number of methoxy groups -OCH3 is 1. The Morgan fingerprint density at radius 2 is 2.00 bits per heavy atom. The van der Waals surface area contributed by atoms with Crippen LogP contribution >= 0.6 is 0 Å². The Hall–Kier alpha value is -1.10. The van der Waals surface area contributed by atoms with Gasteiger partial charge in [-0.1, -0.05) is 12.8 Å². The molecule has 0 atom stereocenters. The molecule has 104 valence electrons. The fraction of sp³-hybridized carbons (Fsp3) is 0.846. The van der Waals surface area contributed by atoms with E-state index in [9.17, 15) is 9.59 Å². The van der Waals surface area contributed by atoms with E-state index < -0.39 is 0 Å². The van der Waals surface area contributed by atoms with Gasteiger partial charge in [0.05, 0.1) is 6.54 Å². The Bertz CT molecular complexity index is 275. The molecule has 0 saturated heterocycles. The quantitative estimate of drug-likeness (QED) is 0.689. The minimum absolute atomic E-state index is 0.0467. The smallest absolute Gasteiger partial charge is 0.239 e. The van der Waals surface area contributed by atoms with Crippen molar-refractivity contribution in [2.45, 2.75) is 45.1 Å². The molecule has 1 fully saturated rings. The minimum Gasteiger partial charge on any atom is -0.385 e. The van der Waals surface area contributed by atoms with Gasteiger partial charge in [-0.2, -0.15) is 0 Å². The third kappa shape index (κ3) is 5.49. The molecule has 1 N–H and O–H groups in total. The number of ether oxygens (including phenoxy) is 1. The highest BCUT2D eigenvalue weighted by Gasteiger charge is 2.19. The summed E-state index contributed by atoms with van der Waals surface area (Å²) in [6, 6.07) is 0.310. The highest BCUT2D eigenvalue weighted by molar-refractivity contribution is 5.83. The van der Waals surface area contributed by atoms with Crippen LogP contribution in [0, 0.1) is 0 Å². The molecule has 0 spiro atoms. The van der Waals surface area contributed by atoms with Crippen LogP contribution in [0.4, 0.5) is 0 Å². The molecule has 1 saturated carbocycles. The van der Waals surface area contributed by atoms with E-state index in [2.05, 4.69) is 5.32 Å². The lowest BCUT2D eigenvalue weighted by molar-refractivity contribution is -0.134. The topological polar surface area (TPSA) is 58.6 Å². The van der Waals surface area contributed by atoms with Gasteiger partial charge in [0.25, 0.3) is 0 Å². The van der Waals surface area contributed by atoms with E-state index in [1.165, 1.54) is 19.8 Å². The lowest BCUT2D eigenvalue weighted by Crippen LogP contribution is -2.43. The van der Waals surface area contributed by atoms with Crippen molar-refractivity contribution in [2.75, 3.05) is 26.8 Å². The van der Waals surface area contributed by atoms with Crippen LogP contribution in [0.5, 0.6) is 0 Å². The van der Waals surface area contributed by atoms with Crippen LogP contribution in [0.15, 0.2) is 0 Å². The number of hydrogen-bond acceptors (Lipinski definition) is 3. The fourth-order valence-corrected chi connectivity index (χ4v) is 2.26. The molecule has 0 radical (unpaired) electrons. The zero-order valence-electron chi connectivity index (χ0n) is 11.4. The van der Waals surface area contributed by atoms with Crippen molar-refractivity contribution in [1.82, 2.24) is 10.2 Å². The Kier molecular flexibility index (Phi) is 6.72. The van der Waals surface area contributed by atoms with Crippen LogP contribution in [0.25, 0.3) is 0 Å². The van der Waals surface area contributed by atoms with Crippen molar-refractivity contribution < 1.29 is 14.3 Å². The van der Waals surface area contributed by atoms with Crippen molar-refractivity contribution >= 4 is 11.8 Å². The Labute approximate surface area is 109 Å². The molecular formula is C13H24N2O3. The summed E-state index contributed by atoms with van der Waals surface area (Å²) in [5.74, 6) is -0.109. The van der Waals surface area contributed by atoms with Crippen LogP contribution in [0.3, 0.4) is 0 Å². The molecule has 18 heavy (non-hydrogen) atoms. The maximum atomic E-state index is 11.8. The summed E-state index contributed by atoms with van der Waals surface area (Å²) in [5.41, 5.74) is 0. The lowest BCUT2D eigenvalue weighted by atomic mass is 10.2. The van der Waals surface area contributed by atoms with Gasteiger partial charge in [-0.3, -0.25) is 9.59 Å². The van der Waals surface area contributed by atoms with Crippen LogP contribution in [0.1, 0.15) is 39.0 Å². The molecule has 1 rings (SSSR count). The summed E-state index contributed by atoms with van der Waals surface area (Å²) in [5, 5.41) is 2.99. The lowest BCUT2D eigenvalue weighted by Gasteiger charge is -2.21. The monoisotopic (exact) mass is 256 g/mol. The van der Waals surface area contributed by atoms with Gasteiger partial charge in [-0.05, 0) is 19.3 Å². The van der Waals surface area contributed by atoms with E-state index in [0.29, 0.717) is 19.2 Å². The second kappa shape index (κ2) is 8.08. The number of amides is 2. The first kappa shape index (κ1) is 15.0. The second-order valence-electron chi connectivity index (χ2n) is 4.84. The first-order valence-electron chi connectivity index (χ1n) is 6.67. The molecule has 5 nitrogen and oxygen atoms in total. The van der Waals surface area contributed by atoms with Gasteiger partial charge in [0, 0.05) is 33.2 Å². The van der Waals surface area contributed by atoms with Gasteiger partial charge < -0.3 is 15.0 Å². The van der Waals surface area contributed by atoms with Gasteiger partial charge >= 0.3 is 0 Å². The van der Waals surface area contributed by atoms with E-state index in [1.807, 2.05) is 0 Å². The van der Waals surface area contributed by atoms with Crippen molar-refractivity contribution in [3.05, 3.63) is 0 Å². The zero-order valence-corrected chi connectivity index (χ0v) is 11.4. The van der Waals surface area contributed by atoms with E-state index in [-0.39, 0.29) is 18.4 Å². The third-order valence-electron chi connectivity index (χ3n) is 3.28. The Morgan fingerprint density at radius 3 is 2.56 bits per heavy atom. The molecule has 0 aromatic carbocycles. The first-order valence-corrected chi connectivity index (χ1v) is 6.67. The largest absolute Gasteiger partial charge is 0.385 e. The number of carbonyl (C=O) groups excluding carboxylic acids is 2. The average Bonchev–Trinajstić information content (AvgIpc) is 2.80. The summed E-state index contributed by atoms with van der Waals surface area (Å²) >= 11 is 0. The van der Waals surface area contributed by atoms with Gasteiger partial charge in [0.15, 0.2) is 0 Å². The van der Waals surface area contributed by atoms with E-state index in [0.717, 1.165) is 19.3 Å². The predicted molar refractivity (Wildman–Crippen MR) is 69.1 cm³/mol. The van der Waals surface area contributed by atoms with E-state index in [4.69, 9.17) is 4.74 Å². The maximum Gasteiger partial charge on any atom is 0.239 e. The maximum absolute atomic E-state index is 11.8. The van der Waals surface area contributed by atoms with E-state index in [1.54, 1.807) is 12.0 Å². The van der Waals surface area contributed by atoms with Gasteiger partial charge in [0.2, 0.25) is 11.8 Å². The molecule has 0 bridgehead atoms. The third-order valence-corrected chi connectivity index (χ3v) is 3.28. The highest BCUT2D eigenvalue weighted by Crippen LogP contribution is 2.17. The first-order chi connectivity index (χ1) is 8.63. The van der Waals surface area contributed by atoms with Crippen molar-refractivity contribution in [3.63, 3.8) is 0 Å². The molecule has 1 aliphatic rings. The van der Waals surface area contributed by atoms with Gasteiger partial charge in [-0.25, -0.2) is 0 Å². The molecular weight excluding hydrogens is 232 g/mol. The Morgan fingerprint density at radius 1 is 1.33 bits per heavy atom. The second-order valence-corrected chi connectivity index (χ2v) is 4.84. The molecule has 0 aliphatic heterocycles. The fourth-order valence-electron chi connectivity index (χ4n) is 2.26. The summed E-state index contributed by atoms with van der Waals surface area (Å²) in [6.07, 6.45) is 5.27. The molecule has 2 amide bonds. The average molecular weight is 256 g/mol. The van der Waals surface area contributed by atoms with Crippen LogP contribution in [-0.2, 0) is 14.3 Å². The summed E-state index contributed by atoms with van der Waals surface area (Å²) < 4.78 is 4.95. The molecule has 0 aromatic rings. The van der Waals surface area contributed by atoms with Crippen LogP contribution in [-0.4, -0.2) is 49.6 Å². The van der Waals surface area contributed by atoms with Crippen LogP contribution < -0.4 is 5.32 Å². The van der Waals surface area contributed by atoms with Gasteiger partial charge in [0.1, 0.15) is 0 Å². The minimum atomic E-state index is -0.0623. The Balaban J connectivity index is 2.29. The number of nitrogens with one attached hydrogen (secondary N) is 1. The molecule has 1 aliphatic carbocycles. The summed E-state index contributed by atoms with van der Waals surface area (Å²) in [4.78, 5) is 24.8. The molecule has 0 heterocycles. The number of hydrogen-bond donors (Lipinski definition) is 1. The van der Waals surface area contributed by atoms with Gasteiger partial charge in [-0.15, -0.1) is 0 Å². The number of nitrogens with zero attached hydrogens (tertiary/aromatic N) is 1. The molecule has 0 unspecified atom stereocenters. The highest BCUT2D eigenvalue weighted by atomic mass is 16.5. The standard InChI is InChI=1S/C13H24N2O3/c1-11(16)15(8-5-9-18-2)10-13(17)14-12-6-3-4-7-12/h12H,3-10H2,1-2H3,(H,14,17). The van der Waals surface area contributed by atoms with Crippen LogP contribution in [0.2, 0.25) is 0 Å². The molecule has 0 aromatic heterocycles. The van der Waals surface area contributed by atoms with Crippen molar-refractivity contribution in [3.8, 4) is 0 Å². The normalized spacial score (nSPS) is 15.7. The summed E-state index contributed by atoms with van der Waals surface area (Å²) in [6.45, 7) is 2.83. The van der Waals surface area contributed by atoms with Crippen molar-refractivity contribution in [1.29, 1.82) is 0 Å². The zero-order chi connectivity index (χ0) is 13.4. The SMILES string of the molecule is COCCCN(CC(=O)NC1CCCC1)C(C)=O. The summed E-state index contributed by atoms with van der Waals surface area (Å²) in [7, 11) is 1.63. The molecule has 5 heteroatoms. The predicted octanol–water partition coefficient (Wildman–Crippen LogP) is 0.930. The van der Waals surface area contributed by atoms with Crippen molar-refractivity contribution in [2.24, 2.45) is 0 Å².